The van der Waals surface area contributed by atoms with Crippen LogP contribution in [0.5, 0.6) is 0 Å². The zero-order valence-corrected chi connectivity index (χ0v) is 13.9. The number of aryl methyl sites for hydroxylation is 2. The zero-order valence-electron chi connectivity index (χ0n) is 13.1. The van der Waals surface area contributed by atoms with Gasteiger partial charge in [-0.25, -0.2) is 4.68 Å². The first-order valence-corrected chi connectivity index (χ1v) is 8.39. The summed E-state index contributed by atoms with van der Waals surface area (Å²) in [6.07, 6.45) is 1.02. The van der Waals surface area contributed by atoms with Crippen molar-refractivity contribution in [1.82, 2.24) is 25.5 Å². The van der Waals surface area contributed by atoms with Crippen LogP contribution in [-0.2, 0) is 17.8 Å². The minimum Gasteiger partial charge on any atom is -0.349 e. The van der Waals surface area contributed by atoms with E-state index in [1.807, 2.05) is 13.8 Å². The van der Waals surface area contributed by atoms with E-state index in [2.05, 4.69) is 52.0 Å². The summed E-state index contributed by atoms with van der Waals surface area (Å²) < 4.78 is 1.67. The van der Waals surface area contributed by atoms with Gasteiger partial charge >= 0.3 is 0 Å². The number of hydrogen-bond donors (Lipinski definition) is 1. The highest BCUT2D eigenvalue weighted by Gasteiger charge is 2.12. The molecule has 0 saturated heterocycles. The number of carbonyl (C=O) groups excluding carboxylic acids is 1. The van der Waals surface area contributed by atoms with E-state index in [9.17, 15) is 4.79 Å². The van der Waals surface area contributed by atoms with Crippen molar-refractivity contribution in [2.45, 2.75) is 44.9 Å². The van der Waals surface area contributed by atoms with E-state index >= 15 is 0 Å². The van der Waals surface area contributed by atoms with E-state index in [-0.39, 0.29) is 11.9 Å². The topological polar surface area (TPSA) is 72.7 Å². The van der Waals surface area contributed by atoms with Crippen molar-refractivity contribution in [1.29, 1.82) is 0 Å². The predicted octanol–water partition coefficient (Wildman–Crippen LogP) is 2.22. The van der Waals surface area contributed by atoms with E-state index < -0.39 is 0 Å². The standard InChI is InChI=1S/C15H21N5OS/c1-4-12-6-8-13(9-7-12)11(3)16-14(21)10-22-15-17-18-19-20(15)5-2/h6-9,11H,4-5,10H2,1-3H3,(H,16,21)/t11-/m0/s1. The van der Waals surface area contributed by atoms with Crippen LogP contribution in [0.15, 0.2) is 29.4 Å². The summed E-state index contributed by atoms with van der Waals surface area (Å²) in [5.74, 6) is 0.278. The van der Waals surface area contributed by atoms with Crippen molar-refractivity contribution in [3.63, 3.8) is 0 Å². The lowest BCUT2D eigenvalue weighted by Crippen LogP contribution is -2.28. The van der Waals surface area contributed by atoms with Crippen LogP contribution in [-0.4, -0.2) is 31.9 Å². The van der Waals surface area contributed by atoms with Gasteiger partial charge in [0.1, 0.15) is 0 Å². The second kappa shape index (κ2) is 7.93. The van der Waals surface area contributed by atoms with Gasteiger partial charge < -0.3 is 5.32 Å². The third kappa shape index (κ3) is 4.30. The molecule has 0 spiro atoms. The lowest BCUT2D eigenvalue weighted by Gasteiger charge is -2.14. The molecule has 2 aromatic rings. The van der Waals surface area contributed by atoms with Crippen LogP contribution < -0.4 is 5.32 Å². The Balaban J connectivity index is 1.85. The molecule has 0 aliphatic heterocycles. The van der Waals surface area contributed by atoms with E-state index in [0.717, 1.165) is 12.0 Å². The summed E-state index contributed by atoms with van der Waals surface area (Å²) in [7, 11) is 0. The molecule has 0 aliphatic rings. The Kier molecular flexibility index (Phi) is 5.94. The molecule has 0 bridgehead atoms. The number of hydrogen-bond acceptors (Lipinski definition) is 5. The molecule has 0 saturated carbocycles. The molecule has 1 aromatic carbocycles. The summed E-state index contributed by atoms with van der Waals surface area (Å²) >= 11 is 1.34. The highest BCUT2D eigenvalue weighted by atomic mass is 32.2. The first-order valence-electron chi connectivity index (χ1n) is 7.41. The summed E-state index contributed by atoms with van der Waals surface area (Å²) in [4.78, 5) is 12.0. The van der Waals surface area contributed by atoms with Crippen LogP contribution in [0.1, 0.15) is 37.9 Å². The minimum atomic E-state index is -0.0253. The molecule has 6 nitrogen and oxygen atoms in total. The van der Waals surface area contributed by atoms with E-state index in [1.54, 1.807) is 4.68 Å². The number of tetrazole rings is 1. The largest absolute Gasteiger partial charge is 0.349 e. The maximum absolute atomic E-state index is 12.0. The first kappa shape index (κ1) is 16.5. The van der Waals surface area contributed by atoms with E-state index in [4.69, 9.17) is 0 Å². The molecule has 2 rings (SSSR count). The summed E-state index contributed by atoms with van der Waals surface area (Å²) in [6, 6.07) is 8.31. The van der Waals surface area contributed by atoms with Gasteiger partial charge in [0.05, 0.1) is 11.8 Å². The molecule has 0 unspecified atom stereocenters. The average molecular weight is 319 g/mol. The van der Waals surface area contributed by atoms with Crippen LogP contribution >= 0.6 is 11.8 Å². The maximum atomic E-state index is 12.0. The predicted molar refractivity (Wildman–Crippen MR) is 86.6 cm³/mol. The maximum Gasteiger partial charge on any atom is 0.230 e. The minimum absolute atomic E-state index is 0.0128. The van der Waals surface area contributed by atoms with Gasteiger partial charge in [-0.05, 0) is 41.8 Å². The molecule has 0 aliphatic carbocycles. The Morgan fingerprint density at radius 1 is 1.32 bits per heavy atom. The second-order valence-corrected chi connectivity index (χ2v) is 5.89. The Bertz CT molecular complexity index is 611. The van der Waals surface area contributed by atoms with Gasteiger partial charge in [0, 0.05) is 6.54 Å². The number of rotatable bonds is 7. The van der Waals surface area contributed by atoms with Crippen molar-refractivity contribution in [3.05, 3.63) is 35.4 Å². The number of benzene rings is 1. The van der Waals surface area contributed by atoms with Gasteiger partial charge in [0.25, 0.3) is 0 Å². The van der Waals surface area contributed by atoms with Gasteiger partial charge in [0.15, 0.2) is 0 Å². The highest BCUT2D eigenvalue weighted by Crippen LogP contribution is 2.16. The van der Waals surface area contributed by atoms with Crippen molar-refractivity contribution < 1.29 is 4.79 Å². The number of nitrogens with one attached hydrogen (secondary N) is 1. The van der Waals surface area contributed by atoms with E-state index in [0.29, 0.717) is 17.5 Å². The quantitative estimate of drug-likeness (QED) is 0.792. The lowest BCUT2D eigenvalue weighted by molar-refractivity contribution is -0.119. The van der Waals surface area contributed by atoms with Crippen molar-refractivity contribution in [2.75, 3.05) is 5.75 Å². The normalized spacial score (nSPS) is 12.1. The Morgan fingerprint density at radius 2 is 2.05 bits per heavy atom. The molecule has 22 heavy (non-hydrogen) atoms. The number of aromatic nitrogens is 4. The molecule has 1 aromatic heterocycles. The van der Waals surface area contributed by atoms with Crippen LogP contribution in [0.3, 0.4) is 0 Å². The molecule has 0 radical (unpaired) electrons. The second-order valence-electron chi connectivity index (χ2n) is 4.95. The SMILES string of the molecule is CCc1ccc([C@H](C)NC(=O)CSc2nnnn2CC)cc1. The summed E-state index contributed by atoms with van der Waals surface area (Å²) in [5, 5.41) is 15.0. The Morgan fingerprint density at radius 3 is 2.68 bits per heavy atom. The van der Waals surface area contributed by atoms with Gasteiger partial charge in [-0.2, -0.15) is 0 Å². The van der Waals surface area contributed by atoms with Gasteiger partial charge in [-0.15, -0.1) is 5.10 Å². The number of carbonyl (C=O) groups is 1. The number of nitrogens with zero attached hydrogens (tertiary/aromatic N) is 4. The fourth-order valence-electron chi connectivity index (χ4n) is 2.04. The Hall–Kier alpha value is -1.89. The first-order chi connectivity index (χ1) is 10.6. The van der Waals surface area contributed by atoms with Crippen LogP contribution in [0, 0.1) is 0 Å². The Labute approximate surface area is 134 Å². The molecule has 7 heteroatoms. The van der Waals surface area contributed by atoms with E-state index in [1.165, 1.54) is 17.3 Å². The van der Waals surface area contributed by atoms with Crippen LogP contribution in [0.25, 0.3) is 0 Å². The van der Waals surface area contributed by atoms with Crippen molar-refractivity contribution in [2.24, 2.45) is 0 Å². The molecule has 0 fully saturated rings. The highest BCUT2D eigenvalue weighted by molar-refractivity contribution is 7.99. The molecule has 118 valence electrons. The zero-order chi connectivity index (χ0) is 15.9. The van der Waals surface area contributed by atoms with Crippen LogP contribution in [0.4, 0.5) is 0 Å². The van der Waals surface area contributed by atoms with Gasteiger partial charge in [0.2, 0.25) is 11.1 Å². The average Bonchev–Trinajstić information content (AvgIpc) is 3.00. The molecule has 1 heterocycles. The molecule has 1 atom stereocenters. The molecule has 1 N–H and O–H groups in total. The van der Waals surface area contributed by atoms with Crippen LogP contribution in [0.2, 0.25) is 0 Å². The van der Waals surface area contributed by atoms with Crippen molar-refractivity contribution in [3.8, 4) is 0 Å². The molecular weight excluding hydrogens is 298 g/mol. The summed E-state index contributed by atoms with van der Waals surface area (Å²) in [5.41, 5.74) is 2.40. The number of thioether (sulfide) groups is 1. The summed E-state index contributed by atoms with van der Waals surface area (Å²) in [6.45, 7) is 6.76. The third-order valence-electron chi connectivity index (χ3n) is 3.40. The van der Waals surface area contributed by atoms with Crippen molar-refractivity contribution >= 4 is 17.7 Å². The fraction of sp³-hybridized carbons (Fsp3) is 0.467. The molecule has 1 amide bonds. The number of amides is 1. The lowest BCUT2D eigenvalue weighted by atomic mass is 10.1. The van der Waals surface area contributed by atoms with Gasteiger partial charge in [-0.3, -0.25) is 4.79 Å². The monoisotopic (exact) mass is 319 g/mol. The van der Waals surface area contributed by atoms with Gasteiger partial charge in [-0.1, -0.05) is 43.0 Å². The smallest absolute Gasteiger partial charge is 0.230 e. The molecular formula is C15H21N5OS. The fourth-order valence-corrected chi connectivity index (χ4v) is 2.79. The third-order valence-corrected chi connectivity index (χ3v) is 4.35.